The van der Waals surface area contributed by atoms with Crippen LogP contribution >= 0.6 is 0 Å². The zero-order valence-electron chi connectivity index (χ0n) is 12.0. The van der Waals surface area contributed by atoms with E-state index in [1.807, 2.05) is 0 Å². The van der Waals surface area contributed by atoms with E-state index in [0.29, 0.717) is 17.4 Å². The van der Waals surface area contributed by atoms with Crippen LogP contribution in [-0.4, -0.2) is 38.3 Å². The smallest absolute Gasteiger partial charge is 0.191 e. The van der Waals surface area contributed by atoms with Gasteiger partial charge in [0.2, 0.25) is 0 Å². The molecule has 2 fully saturated rings. The first-order valence-electron chi connectivity index (χ1n) is 7.24. The second kappa shape index (κ2) is 5.91. The Bertz CT molecular complexity index is 295. The maximum absolute atomic E-state index is 5.38. The minimum Gasteiger partial charge on any atom is -0.381 e. The van der Waals surface area contributed by atoms with Crippen LogP contribution in [0.2, 0.25) is 0 Å². The molecular weight excluding hydrogens is 226 g/mol. The molecule has 0 spiro atoms. The van der Waals surface area contributed by atoms with Crippen LogP contribution in [0.4, 0.5) is 0 Å². The Labute approximate surface area is 111 Å². The average Bonchev–Trinajstić information content (AvgIpc) is 2.95. The van der Waals surface area contributed by atoms with Crippen molar-refractivity contribution >= 4 is 5.96 Å². The quantitative estimate of drug-likeness (QED) is 0.593. The van der Waals surface area contributed by atoms with Gasteiger partial charge in [-0.15, -0.1) is 0 Å². The normalized spacial score (nSPS) is 27.9. The van der Waals surface area contributed by atoms with Gasteiger partial charge in [-0.05, 0) is 37.5 Å². The van der Waals surface area contributed by atoms with Crippen molar-refractivity contribution in [1.82, 2.24) is 10.6 Å². The zero-order valence-corrected chi connectivity index (χ0v) is 12.0. The Morgan fingerprint density at radius 2 is 2.00 bits per heavy atom. The average molecular weight is 253 g/mol. The van der Waals surface area contributed by atoms with Crippen molar-refractivity contribution in [2.75, 3.05) is 26.3 Å². The predicted molar refractivity (Wildman–Crippen MR) is 74.8 cm³/mol. The van der Waals surface area contributed by atoms with Gasteiger partial charge in [0, 0.05) is 32.3 Å². The van der Waals surface area contributed by atoms with Gasteiger partial charge in [0.05, 0.1) is 0 Å². The molecule has 0 aromatic rings. The van der Waals surface area contributed by atoms with Gasteiger partial charge in [0.25, 0.3) is 0 Å². The van der Waals surface area contributed by atoms with E-state index >= 15 is 0 Å². The van der Waals surface area contributed by atoms with Crippen LogP contribution in [0.3, 0.4) is 0 Å². The molecule has 1 aliphatic carbocycles. The molecule has 0 bridgehead atoms. The molecule has 1 unspecified atom stereocenters. The Morgan fingerprint density at radius 1 is 1.33 bits per heavy atom. The summed E-state index contributed by atoms with van der Waals surface area (Å²) >= 11 is 0. The zero-order chi connectivity index (χ0) is 13.0. The topological polar surface area (TPSA) is 45.7 Å². The summed E-state index contributed by atoms with van der Waals surface area (Å²) in [6, 6.07) is 0.588. The van der Waals surface area contributed by atoms with Crippen molar-refractivity contribution in [3.05, 3.63) is 0 Å². The Morgan fingerprint density at radius 3 is 2.56 bits per heavy atom. The van der Waals surface area contributed by atoms with Gasteiger partial charge in [-0.25, -0.2) is 0 Å². The highest BCUT2D eigenvalue weighted by Gasteiger charge is 2.46. The highest BCUT2D eigenvalue weighted by molar-refractivity contribution is 5.80. The number of rotatable bonds is 4. The van der Waals surface area contributed by atoms with Crippen molar-refractivity contribution in [3.63, 3.8) is 0 Å². The van der Waals surface area contributed by atoms with Crippen LogP contribution in [0.1, 0.15) is 40.0 Å². The maximum Gasteiger partial charge on any atom is 0.191 e. The lowest BCUT2D eigenvalue weighted by atomic mass is 10.0. The van der Waals surface area contributed by atoms with E-state index in [4.69, 9.17) is 9.73 Å². The number of aliphatic imine (C=N–C) groups is 1. The lowest BCUT2D eigenvalue weighted by Crippen LogP contribution is -2.40. The molecule has 104 valence electrons. The molecule has 1 heterocycles. The summed E-state index contributed by atoms with van der Waals surface area (Å²) in [4.78, 5) is 4.72. The predicted octanol–water partition coefficient (Wildman–Crippen LogP) is 1.77. The first-order valence-corrected chi connectivity index (χ1v) is 7.24. The van der Waals surface area contributed by atoms with Gasteiger partial charge in [0.1, 0.15) is 0 Å². The highest BCUT2D eigenvalue weighted by Crippen LogP contribution is 2.44. The Balaban J connectivity index is 1.80. The molecule has 4 nitrogen and oxygen atoms in total. The summed E-state index contributed by atoms with van der Waals surface area (Å²) in [6.45, 7) is 10.4. The Kier molecular flexibility index (Phi) is 4.49. The van der Waals surface area contributed by atoms with Crippen LogP contribution in [0, 0.1) is 11.3 Å². The molecule has 1 atom stereocenters. The fraction of sp³-hybridized carbons (Fsp3) is 0.929. The van der Waals surface area contributed by atoms with Crippen molar-refractivity contribution in [1.29, 1.82) is 0 Å². The van der Waals surface area contributed by atoms with Crippen LogP contribution in [0.5, 0.6) is 0 Å². The lowest BCUT2D eigenvalue weighted by Gasteiger charge is -2.21. The van der Waals surface area contributed by atoms with Crippen LogP contribution in [0.15, 0.2) is 4.99 Å². The number of hydrogen-bond acceptors (Lipinski definition) is 2. The first-order chi connectivity index (χ1) is 8.62. The standard InChI is InChI=1S/C14H27N3O/c1-4-15-13(17-12-9-14(12,2)3)16-10-11-5-7-18-8-6-11/h11-12H,4-10H2,1-3H3,(H2,15,16,17). The second-order valence-corrected chi connectivity index (χ2v) is 6.17. The van der Waals surface area contributed by atoms with Gasteiger partial charge < -0.3 is 15.4 Å². The minimum atomic E-state index is 0.439. The summed E-state index contributed by atoms with van der Waals surface area (Å²) in [7, 11) is 0. The van der Waals surface area contributed by atoms with Crippen LogP contribution < -0.4 is 10.6 Å². The third kappa shape index (κ3) is 3.87. The molecular formula is C14H27N3O. The molecule has 2 aliphatic rings. The third-order valence-electron chi connectivity index (χ3n) is 4.02. The second-order valence-electron chi connectivity index (χ2n) is 6.17. The van der Waals surface area contributed by atoms with Crippen LogP contribution in [0.25, 0.3) is 0 Å². The summed E-state index contributed by atoms with van der Waals surface area (Å²) in [6.07, 6.45) is 3.55. The van der Waals surface area contributed by atoms with Gasteiger partial charge in [-0.1, -0.05) is 13.8 Å². The molecule has 0 aromatic carbocycles. The summed E-state index contributed by atoms with van der Waals surface area (Å²) in [5.74, 6) is 1.68. The van der Waals surface area contributed by atoms with Gasteiger partial charge in [-0.3, -0.25) is 4.99 Å². The summed E-state index contributed by atoms with van der Waals surface area (Å²) in [5, 5.41) is 6.87. The van der Waals surface area contributed by atoms with E-state index in [1.165, 1.54) is 6.42 Å². The van der Waals surface area contributed by atoms with Gasteiger partial charge in [0.15, 0.2) is 5.96 Å². The van der Waals surface area contributed by atoms with E-state index < -0.39 is 0 Å². The molecule has 1 saturated heterocycles. The highest BCUT2D eigenvalue weighted by atomic mass is 16.5. The molecule has 1 saturated carbocycles. The summed E-state index contributed by atoms with van der Waals surface area (Å²) < 4.78 is 5.38. The third-order valence-corrected chi connectivity index (χ3v) is 4.02. The lowest BCUT2D eigenvalue weighted by molar-refractivity contribution is 0.0689. The maximum atomic E-state index is 5.38. The largest absolute Gasteiger partial charge is 0.381 e. The number of hydrogen-bond donors (Lipinski definition) is 2. The number of nitrogens with zero attached hydrogens (tertiary/aromatic N) is 1. The van der Waals surface area contributed by atoms with Crippen molar-refractivity contribution in [3.8, 4) is 0 Å². The van der Waals surface area contributed by atoms with E-state index in [0.717, 1.165) is 45.1 Å². The van der Waals surface area contributed by atoms with Gasteiger partial charge in [-0.2, -0.15) is 0 Å². The molecule has 0 amide bonds. The Hall–Kier alpha value is -0.770. The summed E-state index contributed by atoms with van der Waals surface area (Å²) in [5.41, 5.74) is 0.439. The van der Waals surface area contributed by atoms with Crippen molar-refractivity contribution < 1.29 is 4.74 Å². The van der Waals surface area contributed by atoms with E-state index in [1.54, 1.807) is 0 Å². The molecule has 2 rings (SSSR count). The molecule has 1 aliphatic heterocycles. The fourth-order valence-corrected chi connectivity index (χ4v) is 2.35. The molecule has 4 heteroatoms. The van der Waals surface area contributed by atoms with E-state index in [9.17, 15) is 0 Å². The van der Waals surface area contributed by atoms with E-state index in [-0.39, 0.29) is 0 Å². The number of guanidine groups is 1. The molecule has 18 heavy (non-hydrogen) atoms. The molecule has 0 radical (unpaired) electrons. The number of nitrogens with one attached hydrogen (secondary N) is 2. The minimum absolute atomic E-state index is 0.439. The number of ether oxygens (including phenoxy) is 1. The fourth-order valence-electron chi connectivity index (χ4n) is 2.35. The SMILES string of the molecule is CCNC(=NCC1CCOCC1)NC1CC1(C)C. The van der Waals surface area contributed by atoms with Crippen LogP contribution in [-0.2, 0) is 4.74 Å². The van der Waals surface area contributed by atoms with Crippen molar-refractivity contribution in [2.45, 2.75) is 46.1 Å². The molecule has 0 aromatic heterocycles. The monoisotopic (exact) mass is 253 g/mol. The first kappa shape index (κ1) is 13.7. The van der Waals surface area contributed by atoms with Crippen molar-refractivity contribution in [2.24, 2.45) is 16.3 Å². The van der Waals surface area contributed by atoms with Gasteiger partial charge >= 0.3 is 0 Å². The van der Waals surface area contributed by atoms with E-state index in [2.05, 4.69) is 31.4 Å². The molecule has 2 N–H and O–H groups in total.